The van der Waals surface area contributed by atoms with Gasteiger partial charge in [0.15, 0.2) is 0 Å². The summed E-state index contributed by atoms with van der Waals surface area (Å²) in [5.41, 5.74) is 0. The maximum atomic E-state index is 8.55. The van der Waals surface area contributed by atoms with Crippen LogP contribution in [-0.4, -0.2) is 0 Å². The van der Waals surface area contributed by atoms with Crippen LogP contribution >= 0.6 is 7.82 Å². The second-order valence-corrected chi connectivity index (χ2v) is 5.65. The number of hydrogen-bond acceptors (Lipinski definition) is 4. The van der Waals surface area contributed by atoms with Gasteiger partial charge in [-0.2, -0.15) is 7.82 Å². The Morgan fingerprint density at radius 1 is 0.778 bits per heavy atom. The standard InChI is InChI=1S/C12H25.Cu.H3O4P/c1-3-5-7-9-11-12-10-8-6-4-2;;1-5(2,3)4/h1,3-12H2,2H3;;(H3,1,2,3,4)/q;+3;/p-3. The SMILES string of the molecule is CCCCCCCCCCC[CH2][Cu+3].O=P([O-])([O-])[O-]. The molecule has 0 heterocycles. The third kappa shape index (κ3) is 36.0. The molecule has 113 valence electrons. The van der Waals surface area contributed by atoms with Gasteiger partial charge < -0.3 is 19.2 Å². The normalized spacial score (nSPS) is 10.9. The van der Waals surface area contributed by atoms with E-state index in [-0.39, 0.29) is 0 Å². The van der Waals surface area contributed by atoms with Crippen LogP contribution < -0.4 is 14.7 Å². The molecule has 0 amide bonds. The van der Waals surface area contributed by atoms with Gasteiger partial charge >= 0.3 is 92.5 Å². The summed E-state index contributed by atoms with van der Waals surface area (Å²) in [6, 6.07) is 0. The Bertz CT molecular complexity index is 178. The summed E-state index contributed by atoms with van der Waals surface area (Å²) in [5.74, 6) is 0. The monoisotopic (exact) mass is 327 g/mol. The summed E-state index contributed by atoms with van der Waals surface area (Å²) < 4.78 is 8.55. The van der Waals surface area contributed by atoms with Crippen LogP contribution in [-0.2, 0) is 20.6 Å². The first kappa shape index (κ1) is 20.9. The van der Waals surface area contributed by atoms with Crippen molar-refractivity contribution in [2.45, 2.75) is 76.5 Å². The van der Waals surface area contributed by atoms with E-state index < -0.39 is 7.82 Å². The average Bonchev–Trinajstić information content (AvgIpc) is 2.25. The van der Waals surface area contributed by atoms with E-state index in [1.165, 1.54) is 64.2 Å². The van der Waals surface area contributed by atoms with Gasteiger partial charge in [0.1, 0.15) is 0 Å². The maximum Gasteiger partial charge on any atom is -0.159 e. The second-order valence-electron chi connectivity index (χ2n) is 4.28. The Morgan fingerprint density at radius 2 is 1.06 bits per heavy atom. The molecule has 0 fully saturated rings. The quantitative estimate of drug-likeness (QED) is 0.349. The van der Waals surface area contributed by atoms with Gasteiger partial charge in [0.2, 0.25) is 0 Å². The van der Waals surface area contributed by atoms with Gasteiger partial charge in [0.25, 0.3) is 0 Å². The molecule has 0 rings (SSSR count). The van der Waals surface area contributed by atoms with Gasteiger partial charge in [-0.3, -0.25) is 0 Å². The first-order valence-electron chi connectivity index (χ1n) is 6.65. The second kappa shape index (κ2) is 15.7. The van der Waals surface area contributed by atoms with Crippen molar-refractivity contribution >= 4 is 7.82 Å². The largest absolute Gasteiger partial charge is 0.822 e. The Hall–Kier alpha value is 0.629. The molecule has 0 spiro atoms. The molecule has 0 aliphatic carbocycles. The Kier molecular flexibility index (Phi) is 18.2. The van der Waals surface area contributed by atoms with Crippen molar-refractivity contribution in [2.75, 3.05) is 0 Å². The van der Waals surface area contributed by atoms with Crippen LogP contribution in [0.4, 0.5) is 0 Å². The van der Waals surface area contributed by atoms with E-state index in [0.717, 1.165) is 5.32 Å². The average molecular weight is 328 g/mol. The Labute approximate surface area is 120 Å². The molecule has 0 aromatic heterocycles. The molecule has 0 radical (unpaired) electrons. The molecule has 0 N–H and O–H groups in total. The van der Waals surface area contributed by atoms with Gasteiger partial charge in [-0.15, -0.1) is 0 Å². The zero-order valence-corrected chi connectivity index (χ0v) is 13.0. The molecule has 4 nitrogen and oxygen atoms in total. The van der Waals surface area contributed by atoms with E-state index in [4.69, 9.17) is 35.3 Å². The number of phosphoric acid groups is 1. The van der Waals surface area contributed by atoms with Crippen LogP contribution in [0.5, 0.6) is 0 Å². The zero-order valence-electron chi connectivity index (χ0n) is 11.2. The van der Waals surface area contributed by atoms with Crippen molar-refractivity contribution in [3.63, 3.8) is 0 Å². The van der Waals surface area contributed by atoms with Crippen molar-refractivity contribution in [1.82, 2.24) is 0 Å². The van der Waals surface area contributed by atoms with Crippen molar-refractivity contribution in [2.24, 2.45) is 0 Å². The predicted molar refractivity (Wildman–Crippen MR) is 64.3 cm³/mol. The molecule has 0 aliphatic heterocycles. The summed E-state index contributed by atoms with van der Waals surface area (Å²) in [7, 11) is -5.39. The van der Waals surface area contributed by atoms with Crippen LogP contribution in [0.25, 0.3) is 0 Å². The van der Waals surface area contributed by atoms with Crippen LogP contribution in [0.2, 0.25) is 5.32 Å². The van der Waals surface area contributed by atoms with Crippen molar-refractivity contribution in [3.05, 3.63) is 0 Å². The molecule has 0 saturated carbocycles. The van der Waals surface area contributed by atoms with Gasteiger partial charge in [0, 0.05) is 0 Å². The molecular weight excluding hydrogens is 303 g/mol. The third-order valence-corrected chi connectivity index (χ3v) is 2.79. The third-order valence-electron chi connectivity index (χ3n) is 2.46. The number of hydrogen-bond donors (Lipinski definition) is 0. The number of rotatable bonds is 10. The van der Waals surface area contributed by atoms with E-state index in [1.807, 2.05) is 0 Å². The summed E-state index contributed by atoms with van der Waals surface area (Å²) in [6.07, 6.45) is 14.0. The van der Waals surface area contributed by atoms with Gasteiger partial charge in [-0.25, -0.2) is 0 Å². The fraction of sp³-hybridized carbons (Fsp3) is 1.00. The van der Waals surface area contributed by atoms with Crippen LogP contribution in [0.15, 0.2) is 0 Å². The predicted octanol–water partition coefficient (Wildman–Crippen LogP) is 2.05. The minimum absolute atomic E-state index is 0.934. The molecule has 18 heavy (non-hydrogen) atoms. The summed E-state index contributed by atoms with van der Waals surface area (Å²) >= 11 is 5.03. The molecule has 0 unspecified atom stereocenters. The van der Waals surface area contributed by atoms with E-state index in [0.29, 0.717) is 0 Å². The topological polar surface area (TPSA) is 86.2 Å². The molecule has 0 aromatic rings. The number of unbranched alkanes of at least 4 members (excludes halogenated alkanes) is 9. The van der Waals surface area contributed by atoms with Crippen LogP contribution in [0, 0.1) is 0 Å². The van der Waals surface area contributed by atoms with E-state index in [1.54, 1.807) is 0 Å². The molecule has 6 heteroatoms. The molecule has 0 aliphatic rings. The molecule has 0 bridgehead atoms. The smallest absolute Gasteiger partial charge is 0.159 e. The Balaban J connectivity index is 0. The minimum Gasteiger partial charge on any atom is -0.822 e. The van der Waals surface area contributed by atoms with Crippen LogP contribution in [0.1, 0.15) is 71.1 Å². The van der Waals surface area contributed by atoms with Crippen LogP contribution in [0.3, 0.4) is 0 Å². The summed E-state index contributed by atoms with van der Waals surface area (Å²) in [4.78, 5) is 25.6. The first-order chi connectivity index (χ1) is 8.41. The summed E-state index contributed by atoms with van der Waals surface area (Å²) in [5, 5.41) is 0.934. The Morgan fingerprint density at radius 3 is 1.33 bits per heavy atom. The van der Waals surface area contributed by atoms with Crippen molar-refractivity contribution < 1.29 is 35.3 Å². The zero-order chi connectivity index (χ0) is 14.3. The van der Waals surface area contributed by atoms with Crippen molar-refractivity contribution in [1.29, 1.82) is 0 Å². The van der Waals surface area contributed by atoms with E-state index in [9.17, 15) is 0 Å². The first-order valence-corrected chi connectivity index (χ1v) is 8.78. The minimum atomic E-state index is -5.39. The van der Waals surface area contributed by atoms with Gasteiger partial charge in [0.05, 0.1) is 0 Å². The summed E-state index contributed by atoms with van der Waals surface area (Å²) in [6.45, 7) is 2.27. The molecule has 0 atom stereocenters. The fourth-order valence-corrected chi connectivity index (χ4v) is 1.80. The molecule has 0 saturated heterocycles. The van der Waals surface area contributed by atoms with E-state index >= 15 is 0 Å². The van der Waals surface area contributed by atoms with Crippen molar-refractivity contribution in [3.8, 4) is 0 Å². The molecule has 0 aromatic carbocycles. The van der Waals surface area contributed by atoms with Gasteiger partial charge in [-0.05, 0) is 0 Å². The maximum absolute atomic E-state index is 8.55. The van der Waals surface area contributed by atoms with E-state index in [2.05, 4.69) is 6.92 Å². The fourth-order valence-electron chi connectivity index (χ4n) is 1.56. The molecular formula is C12H25CuO4P. The van der Waals surface area contributed by atoms with Gasteiger partial charge in [-0.1, -0.05) is 0 Å².